The average Bonchev–Trinajstić information content (AvgIpc) is 2.50. The zero-order chi connectivity index (χ0) is 16.6. The minimum Gasteiger partial charge on any atom is -0.379 e. The van der Waals surface area contributed by atoms with E-state index in [1.807, 2.05) is 0 Å². The summed E-state index contributed by atoms with van der Waals surface area (Å²) in [6.45, 7) is 9.01. The molecule has 0 unspecified atom stereocenters. The van der Waals surface area contributed by atoms with Crippen molar-refractivity contribution >= 4 is 17.5 Å². The first-order valence-electron chi connectivity index (χ1n) is 8.01. The molecular weight excluding hydrogens is 284 g/mol. The highest BCUT2D eigenvalue weighted by atomic mass is 16.5. The first-order chi connectivity index (χ1) is 10.3. The van der Waals surface area contributed by atoms with Crippen molar-refractivity contribution in [2.75, 3.05) is 32.8 Å². The van der Waals surface area contributed by atoms with Crippen molar-refractivity contribution in [1.29, 1.82) is 0 Å². The zero-order valence-corrected chi connectivity index (χ0v) is 13.9. The van der Waals surface area contributed by atoms with Gasteiger partial charge in [-0.05, 0) is 13.8 Å². The van der Waals surface area contributed by atoms with Crippen LogP contribution in [0.5, 0.6) is 0 Å². The van der Waals surface area contributed by atoms with Gasteiger partial charge in [-0.15, -0.1) is 0 Å². The lowest BCUT2D eigenvalue weighted by Crippen LogP contribution is -2.50. The van der Waals surface area contributed by atoms with Crippen molar-refractivity contribution in [3.63, 3.8) is 0 Å². The molecule has 1 rings (SSSR count). The molecule has 0 radical (unpaired) electrons. The van der Waals surface area contributed by atoms with E-state index in [9.17, 15) is 14.4 Å². The number of Topliss-reactive ketones (excluding diaryl/α,β-unsaturated/α-hetero) is 2. The monoisotopic (exact) mass is 312 g/mol. The summed E-state index contributed by atoms with van der Waals surface area (Å²) in [6, 6.07) is 0. The van der Waals surface area contributed by atoms with Gasteiger partial charge in [-0.25, -0.2) is 0 Å². The van der Waals surface area contributed by atoms with Gasteiger partial charge in [0.05, 0.1) is 18.8 Å². The fourth-order valence-electron chi connectivity index (χ4n) is 2.31. The fourth-order valence-corrected chi connectivity index (χ4v) is 2.31. The molecule has 1 amide bonds. The van der Waals surface area contributed by atoms with Crippen molar-refractivity contribution < 1.29 is 19.1 Å². The van der Waals surface area contributed by atoms with E-state index in [-0.39, 0.29) is 30.3 Å². The molecule has 0 spiro atoms. The largest absolute Gasteiger partial charge is 0.379 e. The van der Waals surface area contributed by atoms with Gasteiger partial charge in [-0.2, -0.15) is 0 Å². The van der Waals surface area contributed by atoms with Crippen molar-refractivity contribution in [2.45, 2.75) is 52.0 Å². The first kappa shape index (κ1) is 18.8. The van der Waals surface area contributed by atoms with Gasteiger partial charge in [0.25, 0.3) is 0 Å². The Morgan fingerprint density at radius 1 is 1.09 bits per heavy atom. The molecule has 1 aliphatic heterocycles. The number of carbonyl (C=O) groups excluding carboxylic acids is 3. The molecule has 0 bridgehead atoms. The third-order valence-corrected chi connectivity index (χ3v) is 3.93. The van der Waals surface area contributed by atoms with Crippen LogP contribution in [0.15, 0.2) is 0 Å². The van der Waals surface area contributed by atoms with Crippen LogP contribution in [0, 0.1) is 0 Å². The standard InChI is InChI=1S/C16H28N2O4/c1-4-13(19)5-6-15(21)17-16(2,3)14(20)7-8-18-9-11-22-12-10-18/h4-12H2,1-3H3,(H,17,21). The predicted molar refractivity (Wildman–Crippen MR) is 83.6 cm³/mol. The quantitative estimate of drug-likeness (QED) is 0.685. The third kappa shape index (κ3) is 6.66. The fraction of sp³-hybridized carbons (Fsp3) is 0.812. The van der Waals surface area contributed by atoms with Crippen molar-refractivity contribution in [3.8, 4) is 0 Å². The Kier molecular flexibility index (Phi) is 7.68. The van der Waals surface area contributed by atoms with Crippen LogP contribution in [-0.4, -0.2) is 60.8 Å². The maximum Gasteiger partial charge on any atom is 0.221 e. The van der Waals surface area contributed by atoms with E-state index in [2.05, 4.69) is 10.2 Å². The van der Waals surface area contributed by atoms with E-state index < -0.39 is 5.54 Å². The average molecular weight is 312 g/mol. The number of amides is 1. The Labute approximate surface area is 132 Å². The Balaban J connectivity index is 2.34. The van der Waals surface area contributed by atoms with Gasteiger partial charge in [0.1, 0.15) is 5.78 Å². The Morgan fingerprint density at radius 3 is 2.32 bits per heavy atom. The van der Waals surface area contributed by atoms with Crippen LogP contribution in [0.1, 0.15) is 46.5 Å². The molecule has 0 aromatic rings. The molecule has 1 N–H and O–H groups in total. The summed E-state index contributed by atoms with van der Waals surface area (Å²) in [4.78, 5) is 37.6. The number of carbonyl (C=O) groups is 3. The van der Waals surface area contributed by atoms with Crippen LogP contribution >= 0.6 is 0 Å². The molecule has 0 aromatic carbocycles. The summed E-state index contributed by atoms with van der Waals surface area (Å²) in [6.07, 6.45) is 1.23. The topological polar surface area (TPSA) is 75.7 Å². The van der Waals surface area contributed by atoms with Gasteiger partial charge >= 0.3 is 0 Å². The van der Waals surface area contributed by atoms with E-state index in [0.29, 0.717) is 32.6 Å². The van der Waals surface area contributed by atoms with E-state index in [1.165, 1.54) is 0 Å². The second-order valence-corrected chi connectivity index (χ2v) is 6.19. The van der Waals surface area contributed by atoms with Gasteiger partial charge in [-0.3, -0.25) is 19.3 Å². The molecule has 1 fully saturated rings. The minimum atomic E-state index is -0.890. The van der Waals surface area contributed by atoms with Crippen LogP contribution in [0.4, 0.5) is 0 Å². The predicted octanol–water partition coefficient (Wildman–Crippen LogP) is 0.932. The molecule has 0 saturated carbocycles. The second-order valence-electron chi connectivity index (χ2n) is 6.19. The molecule has 6 heteroatoms. The number of hydrogen-bond donors (Lipinski definition) is 1. The molecular formula is C16H28N2O4. The minimum absolute atomic E-state index is 0.00848. The van der Waals surface area contributed by atoms with Crippen LogP contribution < -0.4 is 5.32 Å². The van der Waals surface area contributed by atoms with Crippen LogP contribution in [0.2, 0.25) is 0 Å². The maximum absolute atomic E-state index is 12.3. The van der Waals surface area contributed by atoms with E-state index in [1.54, 1.807) is 20.8 Å². The number of hydrogen-bond acceptors (Lipinski definition) is 5. The number of ether oxygens (including phenoxy) is 1. The SMILES string of the molecule is CCC(=O)CCC(=O)NC(C)(C)C(=O)CCN1CCOCC1. The van der Waals surface area contributed by atoms with E-state index in [4.69, 9.17) is 4.74 Å². The normalized spacial score (nSPS) is 16.3. The Morgan fingerprint density at radius 2 is 1.73 bits per heavy atom. The van der Waals surface area contributed by atoms with E-state index in [0.717, 1.165) is 13.1 Å². The molecule has 1 saturated heterocycles. The molecule has 0 aliphatic carbocycles. The number of nitrogens with one attached hydrogen (secondary N) is 1. The zero-order valence-electron chi connectivity index (χ0n) is 13.9. The lowest BCUT2D eigenvalue weighted by atomic mass is 9.96. The highest BCUT2D eigenvalue weighted by Gasteiger charge is 2.29. The molecule has 1 aliphatic rings. The van der Waals surface area contributed by atoms with Gasteiger partial charge in [0, 0.05) is 45.3 Å². The first-order valence-corrected chi connectivity index (χ1v) is 8.01. The molecule has 0 aromatic heterocycles. The summed E-state index contributed by atoms with van der Waals surface area (Å²) in [5, 5.41) is 2.74. The molecule has 126 valence electrons. The highest BCUT2D eigenvalue weighted by molar-refractivity contribution is 5.93. The van der Waals surface area contributed by atoms with Gasteiger partial charge in [0.15, 0.2) is 5.78 Å². The smallest absolute Gasteiger partial charge is 0.221 e. The van der Waals surface area contributed by atoms with Gasteiger partial charge < -0.3 is 10.1 Å². The lowest BCUT2D eigenvalue weighted by Gasteiger charge is -2.29. The van der Waals surface area contributed by atoms with Crippen LogP contribution in [-0.2, 0) is 19.1 Å². The van der Waals surface area contributed by atoms with Crippen molar-refractivity contribution in [3.05, 3.63) is 0 Å². The van der Waals surface area contributed by atoms with E-state index >= 15 is 0 Å². The summed E-state index contributed by atoms with van der Waals surface area (Å²) < 4.78 is 5.27. The molecule has 1 heterocycles. The molecule has 6 nitrogen and oxygen atoms in total. The number of nitrogens with zero attached hydrogens (tertiary/aromatic N) is 1. The summed E-state index contributed by atoms with van der Waals surface area (Å²) >= 11 is 0. The maximum atomic E-state index is 12.3. The van der Waals surface area contributed by atoms with Crippen LogP contribution in [0.25, 0.3) is 0 Å². The summed E-state index contributed by atoms with van der Waals surface area (Å²) in [5.41, 5.74) is -0.890. The van der Waals surface area contributed by atoms with Crippen molar-refractivity contribution in [2.24, 2.45) is 0 Å². The second kappa shape index (κ2) is 9.00. The summed E-state index contributed by atoms with van der Waals surface area (Å²) in [5.74, 6) is -0.174. The lowest BCUT2D eigenvalue weighted by molar-refractivity contribution is -0.132. The van der Waals surface area contributed by atoms with Gasteiger partial charge in [0.2, 0.25) is 5.91 Å². The third-order valence-electron chi connectivity index (χ3n) is 3.93. The number of morpholine rings is 1. The summed E-state index contributed by atoms with van der Waals surface area (Å²) in [7, 11) is 0. The number of ketones is 2. The van der Waals surface area contributed by atoms with Gasteiger partial charge in [-0.1, -0.05) is 6.92 Å². The van der Waals surface area contributed by atoms with Crippen LogP contribution in [0.3, 0.4) is 0 Å². The molecule has 0 atom stereocenters. The Hall–Kier alpha value is -1.27. The Bertz CT molecular complexity index is 401. The van der Waals surface area contributed by atoms with Crippen molar-refractivity contribution in [1.82, 2.24) is 10.2 Å². The highest BCUT2D eigenvalue weighted by Crippen LogP contribution is 2.10. The molecule has 22 heavy (non-hydrogen) atoms. The number of rotatable bonds is 9.